The summed E-state index contributed by atoms with van der Waals surface area (Å²) in [5.41, 5.74) is 1.01. The summed E-state index contributed by atoms with van der Waals surface area (Å²) >= 11 is 0. The van der Waals surface area contributed by atoms with Crippen LogP contribution in [0.15, 0.2) is 12.3 Å². The number of hydrogen-bond donors (Lipinski definition) is 1. The largest absolute Gasteiger partial charge is 0.352 e. The molecule has 0 spiro atoms. The Kier molecular flexibility index (Phi) is 4.34. The predicted octanol–water partition coefficient (Wildman–Crippen LogP) is 1.50. The first-order valence-corrected chi connectivity index (χ1v) is 5.41. The number of aryl methyl sites for hydroxylation is 1. The van der Waals surface area contributed by atoms with Gasteiger partial charge in [0.05, 0.1) is 0 Å². The summed E-state index contributed by atoms with van der Waals surface area (Å²) in [4.78, 5) is 11.6. The molecule has 1 heterocycles. The van der Waals surface area contributed by atoms with Crippen LogP contribution in [0.3, 0.4) is 0 Å². The van der Waals surface area contributed by atoms with Gasteiger partial charge in [0.25, 0.3) is 0 Å². The topological polar surface area (TPSA) is 46.9 Å². The number of rotatable bonds is 5. The quantitative estimate of drug-likeness (QED) is 0.798. The summed E-state index contributed by atoms with van der Waals surface area (Å²) < 4.78 is 1.70. The molecule has 1 amide bonds. The molecule has 0 saturated heterocycles. The molecular formula is C11H19N3O. The van der Waals surface area contributed by atoms with E-state index in [0.29, 0.717) is 6.54 Å². The Bertz CT molecular complexity index is 319. The van der Waals surface area contributed by atoms with Gasteiger partial charge in [-0.15, -0.1) is 0 Å². The lowest BCUT2D eigenvalue weighted by Crippen LogP contribution is -2.35. The monoisotopic (exact) mass is 209 g/mol. The number of nitrogens with one attached hydrogen (secondary N) is 1. The van der Waals surface area contributed by atoms with Gasteiger partial charge in [0.2, 0.25) is 5.91 Å². The van der Waals surface area contributed by atoms with Crippen LogP contribution in [0, 0.1) is 6.92 Å². The van der Waals surface area contributed by atoms with E-state index in [1.807, 2.05) is 19.9 Å². The van der Waals surface area contributed by atoms with E-state index >= 15 is 0 Å². The number of carbonyl (C=O) groups is 1. The third kappa shape index (κ3) is 3.73. The van der Waals surface area contributed by atoms with Crippen LogP contribution in [0.5, 0.6) is 0 Å². The van der Waals surface area contributed by atoms with Crippen LogP contribution in [-0.2, 0) is 11.3 Å². The lowest BCUT2D eigenvalue weighted by molar-refractivity contribution is -0.122. The lowest BCUT2D eigenvalue weighted by atomic mass is 10.2. The van der Waals surface area contributed by atoms with E-state index in [0.717, 1.165) is 18.5 Å². The zero-order chi connectivity index (χ0) is 11.3. The zero-order valence-electron chi connectivity index (χ0n) is 9.66. The van der Waals surface area contributed by atoms with Crippen LogP contribution < -0.4 is 5.32 Å². The molecule has 0 fully saturated rings. The number of hydrogen-bond acceptors (Lipinski definition) is 2. The third-order valence-corrected chi connectivity index (χ3v) is 2.35. The van der Waals surface area contributed by atoms with E-state index in [1.54, 1.807) is 10.9 Å². The van der Waals surface area contributed by atoms with Crippen molar-refractivity contribution in [1.29, 1.82) is 0 Å². The molecule has 0 aliphatic carbocycles. The van der Waals surface area contributed by atoms with Crippen LogP contribution in [0.2, 0.25) is 0 Å². The van der Waals surface area contributed by atoms with Crippen LogP contribution in [0.1, 0.15) is 32.4 Å². The Hall–Kier alpha value is -1.32. The van der Waals surface area contributed by atoms with Crippen LogP contribution in [-0.4, -0.2) is 21.7 Å². The second-order valence-corrected chi connectivity index (χ2v) is 3.89. The molecule has 0 aromatic carbocycles. The Morgan fingerprint density at radius 1 is 1.67 bits per heavy atom. The first kappa shape index (κ1) is 11.8. The van der Waals surface area contributed by atoms with Gasteiger partial charge < -0.3 is 5.32 Å². The second-order valence-electron chi connectivity index (χ2n) is 3.89. The van der Waals surface area contributed by atoms with Crippen LogP contribution in [0.4, 0.5) is 0 Å². The number of amides is 1. The van der Waals surface area contributed by atoms with E-state index in [1.165, 1.54) is 0 Å². The summed E-state index contributed by atoms with van der Waals surface area (Å²) in [5, 5.41) is 7.01. The van der Waals surface area contributed by atoms with Crippen molar-refractivity contribution in [3.63, 3.8) is 0 Å². The molecule has 15 heavy (non-hydrogen) atoms. The molecular weight excluding hydrogens is 190 g/mol. The van der Waals surface area contributed by atoms with Crippen molar-refractivity contribution in [3.8, 4) is 0 Å². The molecule has 1 unspecified atom stereocenters. The average Bonchev–Trinajstić information content (AvgIpc) is 2.52. The molecule has 0 aliphatic rings. The van der Waals surface area contributed by atoms with E-state index in [4.69, 9.17) is 0 Å². The van der Waals surface area contributed by atoms with Crippen molar-refractivity contribution in [2.45, 2.75) is 46.2 Å². The van der Waals surface area contributed by atoms with Crippen molar-refractivity contribution in [2.75, 3.05) is 0 Å². The summed E-state index contributed by atoms with van der Waals surface area (Å²) in [7, 11) is 0. The average molecular weight is 209 g/mol. The SMILES string of the molecule is CCCC(C)NC(=O)Cn1nccc1C. The van der Waals surface area contributed by atoms with E-state index in [-0.39, 0.29) is 11.9 Å². The van der Waals surface area contributed by atoms with E-state index in [9.17, 15) is 4.79 Å². The Labute approximate surface area is 90.7 Å². The van der Waals surface area contributed by atoms with Gasteiger partial charge in [-0.05, 0) is 26.3 Å². The fourth-order valence-electron chi connectivity index (χ4n) is 1.53. The second kappa shape index (κ2) is 5.53. The standard InChI is InChI=1S/C11H19N3O/c1-4-5-9(2)13-11(15)8-14-10(3)6-7-12-14/h6-7,9H,4-5,8H2,1-3H3,(H,13,15). The summed E-state index contributed by atoms with van der Waals surface area (Å²) in [6.45, 7) is 6.39. The molecule has 0 saturated carbocycles. The molecule has 1 aromatic heterocycles. The minimum absolute atomic E-state index is 0.0303. The summed E-state index contributed by atoms with van der Waals surface area (Å²) in [6, 6.07) is 2.14. The molecule has 1 aromatic rings. The highest BCUT2D eigenvalue weighted by Crippen LogP contribution is 1.97. The molecule has 0 aliphatic heterocycles. The Morgan fingerprint density at radius 2 is 2.40 bits per heavy atom. The van der Waals surface area contributed by atoms with Crippen molar-refractivity contribution in [3.05, 3.63) is 18.0 Å². The van der Waals surface area contributed by atoms with Gasteiger partial charge in [0.15, 0.2) is 0 Å². The van der Waals surface area contributed by atoms with Crippen LogP contribution in [0.25, 0.3) is 0 Å². The molecule has 1 rings (SSSR count). The van der Waals surface area contributed by atoms with Gasteiger partial charge in [0, 0.05) is 17.9 Å². The molecule has 1 atom stereocenters. The minimum atomic E-state index is 0.0303. The van der Waals surface area contributed by atoms with Gasteiger partial charge in [-0.2, -0.15) is 5.10 Å². The maximum absolute atomic E-state index is 11.6. The fraction of sp³-hybridized carbons (Fsp3) is 0.636. The number of aromatic nitrogens is 2. The lowest BCUT2D eigenvalue weighted by Gasteiger charge is -2.13. The maximum atomic E-state index is 11.6. The first-order valence-electron chi connectivity index (χ1n) is 5.41. The van der Waals surface area contributed by atoms with Gasteiger partial charge in [-0.1, -0.05) is 13.3 Å². The number of carbonyl (C=O) groups excluding carboxylic acids is 1. The van der Waals surface area contributed by atoms with Gasteiger partial charge in [-0.3, -0.25) is 9.48 Å². The molecule has 0 radical (unpaired) electrons. The highest BCUT2D eigenvalue weighted by Gasteiger charge is 2.08. The Balaban J connectivity index is 2.40. The van der Waals surface area contributed by atoms with Crippen molar-refractivity contribution in [1.82, 2.24) is 15.1 Å². The smallest absolute Gasteiger partial charge is 0.241 e. The highest BCUT2D eigenvalue weighted by molar-refractivity contribution is 5.75. The normalized spacial score (nSPS) is 12.5. The van der Waals surface area contributed by atoms with E-state index < -0.39 is 0 Å². The van der Waals surface area contributed by atoms with Gasteiger partial charge >= 0.3 is 0 Å². The Morgan fingerprint density at radius 3 is 2.93 bits per heavy atom. The van der Waals surface area contributed by atoms with Crippen molar-refractivity contribution >= 4 is 5.91 Å². The first-order chi connectivity index (χ1) is 7.13. The van der Waals surface area contributed by atoms with Crippen LogP contribution >= 0.6 is 0 Å². The summed E-state index contributed by atoms with van der Waals surface area (Å²) in [5.74, 6) is 0.0303. The molecule has 4 nitrogen and oxygen atoms in total. The number of nitrogens with zero attached hydrogens (tertiary/aromatic N) is 2. The maximum Gasteiger partial charge on any atom is 0.241 e. The van der Waals surface area contributed by atoms with Gasteiger partial charge in [0.1, 0.15) is 6.54 Å². The fourth-order valence-corrected chi connectivity index (χ4v) is 1.53. The zero-order valence-corrected chi connectivity index (χ0v) is 9.66. The summed E-state index contributed by atoms with van der Waals surface area (Å²) in [6.07, 6.45) is 3.81. The minimum Gasteiger partial charge on any atom is -0.352 e. The molecule has 0 bridgehead atoms. The molecule has 84 valence electrons. The van der Waals surface area contributed by atoms with Crippen molar-refractivity contribution < 1.29 is 4.79 Å². The van der Waals surface area contributed by atoms with Crippen molar-refractivity contribution in [2.24, 2.45) is 0 Å². The molecule has 4 heteroatoms. The predicted molar refractivity (Wildman–Crippen MR) is 59.5 cm³/mol. The highest BCUT2D eigenvalue weighted by atomic mass is 16.2. The third-order valence-electron chi connectivity index (χ3n) is 2.35. The van der Waals surface area contributed by atoms with E-state index in [2.05, 4.69) is 17.3 Å². The van der Waals surface area contributed by atoms with Gasteiger partial charge in [-0.25, -0.2) is 0 Å². The molecule has 1 N–H and O–H groups in total.